The van der Waals surface area contributed by atoms with E-state index >= 15 is 0 Å². The largest absolute Gasteiger partial charge is 0.322 e. The molecule has 0 aliphatic heterocycles. The zero-order valence-corrected chi connectivity index (χ0v) is 22.3. The van der Waals surface area contributed by atoms with E-state index in [1.165, 1.54) is 23.1 Å². The number of carbonyl (C=O) groups is 2. The molecule has 4 aromatic carbocycles. The predicted octanol–water partition coefficient (Wildman–Crippen LogP) is 8.25. The van der Waals surface area contributed by atoms with Crippen molar-refractivity contribution in [2.24, 2.45) is 0 Å². The third-order valence-electron chi connectivity index (χ3n) is 5.43. The zero-order valence-electron chi connectivity index (χ0n) is 19.2. The van der Waals surface area contributed by atoms with Crippen molar-refractivity contribution in [3.63, 3.8) is 0 Å². The summed E-state index contributed by atoms with van der Waals surface area (Å²) < 4.78 is 0. The van der Waals surface area contributed by atoms with Crippen molar-refractivity contribution in [3.05, 3.63) is 106 Å². The summed E-state index contributed by atoms with van der Waals surface area (Å²) in [7, 11) is 0. The Hall–Kier alpha value is -3.36. The number of nitrogens with zero attached hydrogens (tertiary/aromatic N) is 1. The second-order valence-corrected chi connectivity index (χ2v) is 10.8. The first kappa shape index (κ1) is 25.3. The number of carbonyl (C=O) groups excluding carboxylic acids is 2. The highest BCUT2D eigenvalue weighted by atomic mass is 35.5. The average Bonchev–Trinajstić information content (AvgIpc) is 3.35. The van der Waals surface area contributed by atoms with E-state index in [4.69, 9.17) is 23.2 Å². The number of nitrogens with one attached hydrogen (secondary N) is 2. The van der Waals surface area contributed by atoms with Gasteiger partial charge < -0.3 is 10.6 Å². The Morgan fingerprint density at radius 2 is 1.70 bits per heavy atom. The maximum Gasteiger partial charge on any atom is 0.255 e. The molecule has 2 N–H and O–H groups in total. The topological polar surface area (TPSA) is 71.1 Å². The molecule has 0 saturated carbocycles. The molecule has 0 aliphatic rings. The summed E-state index contributed by atoms with van der Waals surface area (Å²) in [5.41, 5.74) is 2.66. The molecule has 0 unspecified atom stereocenters. The maximum absolute atomic E-state index is 12.8. The van der Waals surface area contributed by atoms with E-state index in [-0.39, 0.29) is 17.6 Å². The molecule has 9 heteroatoms. The van der Waals surface area contributed by atoms with Gasteiger partial charge in [0.15, 0.2) is 5.13 Å². The molecule has 5 nitrogen and oxygen atoms in total. The van der Waals surface area contributed by atoms with Crippen LogP contribution in [0.2, 0.25) is 10.0 Å². The van der Waals surface area contributed by atoms with Crippen LogP contribution in [0.1, 0.15) is 10.4 Å². The lowest BCUT2D eigenvalue weighted by Gasteiger charge is -2.08. The van der Waals surface area contributed by atoms with E-state index in [1.807, 2.05) is 72.1 Å². The maximum atomic E-state index is 12.8. The van der Waals surface area contributed by atoms with Gasteiger partial charge in [-0.2, -0.15) is 0 Å². The lowest BCUT2D eigenvalue weighted by molar-refractivity contribution is -0.113. The van der Waals surface area contributed by atoms with E-state index in [9.17, 15) is 9.59 Å². The molecule has 0 spiro atoms. The quantitative estimate of drug-likeness (QED) is 0.195. The monoisotopic (exact) mass is 563 g/mol. The fraction of sp³-hybridized carbons (Fsp3) is 0.0357. The first-order chi connectivity index (χ1) is 17.9. The highest BCUT2D eigenvalue weighted by molar-refractivity contribution is 8.00. The Bertz CT molecular complexity index is 1620. The van der Waals surface area contributed by atoms with E-state index in [1.54, 1.807) is 18.2 Å². The fourth-order valence-electron chi connectivity index (χ4n) is 3.65. The Morgan fingerprint density at radius 1 is 0.865 bits per heavy atom. The Kier molecular flexibility index (Phi) is 7.76. The van der Waals surface area contributed by atoms with Gasteiger partial charge in [-0.15, -0.1) is 23.1 Å². The molecule has 0 aliphatic carbocycles. The number of hydrogen-bond donors (Lipinski definition) is 2. The first-order valence-electron chi connectivity index (χ1n) is 11.2. The zero-order chi connectivity index (χ0) is 25.8. The number of rotatable bonds is 7. The number of benzene rings is 4. The van der Waals surface area contributed by atoms with Crippen molar-refractivity contribution in [1.29, 1.82) is 0 Å². The molecule has 0 bridgehead atoms. The van der Waals surface area contributed by atoms with Crippen LogP contribution in [-0.4, -0.2) is 22.6 Å². The van der Waals surface area contributed by atoms with E-state index < -0.39 is 0 Å². The third-order valence-corrected chi connectivity index (χ3v) is 7.73. The number of halogens is 2. The fourth-order valence-corrected chi connectivity index (χ4v) is 5.64. The van der Waals surface area contributed by atoms with Crippen molar-refractivity contribution in [2.75, 3.05) is 16.4 Å². The van der Waals surface area contributed by atoms with Crippen LogP contribution in [0.3, 0.4) is 0 Å². The number of anilines is 2. The smallest absolute Gasteiger partial charge is 0.255 e. The van der Waals surface area contributed by atoms with Gasteiger partial charge in [0.25, 0.3) is 5.91 Å². The lowest BCUT2D eigenvalue weighted by Crippen LogP contribution is -2.14. The minimum absolute atomic E-state index is 0.182. The summed E-state index contributed by atoms with van der Waals surface area (Å²) in [6, 6.07) is 26.1. The third kappa shape index (κ3) is 6.32. The van der Waals surface area contributed by atoms with Crippen molar-refractivity contribution < 1.29 is 9.59 Å². The number of thiazole rings is 1. The highest BCUT2D eigenvalue weighted by Crippen LogP contribution is 2.32. The average molecular weight is 565 g/mol. The molecule has 5 aromatic rings. The lowest BCUT2D eigenvalue weighted by atomic mass is 10.1. The molecule has 1 heterocycles. The molecule has 184 valence electrons. The normalized spacial score (nSPS) is 10.9. The van der Waals surface area contributed by atoms with E-state index in [0.717, 1.165) is 21.2 Å². The van der Waals surface area contributed by atoms with Gasteiger partial charge in [0, 0.05) is 32.1 Å². The number of hydrogen-bond acceptors (Lipinski definition) is 5. The Morgan fingerprint density at radius 3 is 2.54 bits per heavy atom. The van der Waals surface area contributed by atoms with Crippen molar-refractivity contribution in [1.82, 2.24) is 4.98 Å². The minimum atomic E-state index is -0.189. The molecule has 37 heavy (non-hydrogen) atoms. The minimum Gasteiger partial charge on any atom is -0.322 e. The van der Waals surface area contributed by atoms with Crippen LogP contribution in [0.15, 0.2) is 95.2 Å². The number of thioether (sulfide) groups is 1. The SMILES string of the molecule is O=C(CSc1cccc(NC(=O)c2ccc3ccccc3c2)c1)Nc1nc(-c2ccc(Cl)cc2Cl)cs1. The van der Waals surface area contributed by atoms with E-state index in [0.29, 0.717) is 32.1 Å². The van der Waals surface area contributed by atoms with Crippen LogP contribution in [0.5, 0.6) is 0 Å². The molecule has 0 radical (unpaired) electrons. The molecular weight excluding hydrogens is 545 g/mol. The summed E-state index contributed by atoms with van der Waals surface area (Å²) in [5.74, 6) is -0.177. The predicted molar refractivity (Wildman–Crippen MR) is 155 cm³/mol. The van der Waals surface area contributed by atoms with Crippen molar-refractivity contribution >= 4 is 79.7 Å². The number of aromatic nitrogens is 1. The molecule has 2 amide bonds. The summed E-state index contributed by atoms with van der Waals surface area (Å²) in [5, 5.41) is 11.2. The Labute approximate surface area is 231 Å². The van der Waals surface area contributed by atoms with E-state index in [2.05, 4.69) is 15.6 Å². The van der Waals surface area contributed by atoms with Crippen molar-refractivity contribution in [2.45, 2.75) is 4.90 Å². The van der Waals surface area contributed by atoms with Gasteiger partial charge in [-0.3, -0.25) is 9.59 Å². The molecular formula is C28H19Cl2N3O2S2. The van der Waals surface area contributed by atoms with Gasteiger partial charge in [-0.25, -0.2) is 4.98 Å². The van der Waals surface area contributed by atoms with Gasteiger partial charge in [-0.1, -0.05) is 59.6 Å². The standard InChI is InChI=1S/C28H19Cl2N3O2S2/c29-20-10-11-23(24(30)13-20)25-15-37-28(32-25)33-26(34)16-36-22-7-3-6-21(14-22)31-27(35)19-9-8-17-4-1-2-5-18(17)12-19/h1-15H,16H2,(H,31,35)(H,32,33,34). The molecule has 0 atom stereocenters. The highest BCUT2D eigenvalue weighted by Gasteiger charge is 2.12. The second-order valence-electron chi connectivity index (χ2n) is 8.04. The van der Waals surface area contributed by atoms with Crippen LogP contribution in [0, 0.1) is 0 Å². The molecule has 1 aromatic heterocycles. The van der Waals surface area contributed by atoms with Crippen LogP contribution in [-0.2, 0) is 4.79 Å². The van der Waals surface area contributed by atoms with Crippen LogP contribution >= 0.6 is 46.3 Å². The first-order valence-corrected chi connectivity index (χ1v) is 13.8. The van der Waals surface area contributed by atoms with Crippen molar-refractivity contribution in [3.8, 4) is 11.3 Å². The number of fused-ring (bicyclic) bond motifs is 1. The molecule has 0 saturated heterocycles. The second kappa shape index (κ2) is 11.4. The van der Waals surface area contributed by atoms with Gasteiger partial charge in [0.2, 0.25) is 5.91 Å². The number of amides is 2. The van der Waals surface area contributed by atoms with Gasteiger partial charge >= 0.3 is 0 Å². The van der Waals surface area contributed by atoms with Crippen LogP contribution in [0.4, 0.5) is 10.8 Å². The van der Waals surface area contributed by atoms with Gasteiger partial charge in [0.1, 0.15) is 0 Å². The summed E-state index contributed by atoms with van der Waals surface area (Å²) in [6.45, 7) is 0. The van der Waals surface area contributed by atoms with Gasteiger partial charge in [0.05, 0.1) is 16.5 Å². The Balaban J connectivity index is 1.17. The molecule has 0 fully saturated rings. The summed E-state index contributed by atoms with van der Waals surface area (Å²) in [4.78, 5) is 30.6. The van der Waals surface area contributed by atoms with Crippen LogP contribution < -0.4 is 10.6 Å². The van der Waals surface area contributed by atoms with Crippen LogP contribution in [0.25, 0.3) is 22.0 Å². The summed E-state index contributed by atoms with van der Waals surface area (Å²) >= 11 is 14.9. The van der Waals surface area contributed by atoms with Gasteiger partial charge in [-0.05, 0) is 59.3 Å². The summed E-state index contributed by atoms with van der Waals surface area (Å²) in [6.07, 6.45) is 0. The molecule has 5 rings (SSSR count).